The molecule has 0 N–H and O–H groups in total. The average Bonchev–Trinajstić information content (AvgIpc) is 2.54. The summed E-state index contributed by atoms with van der Waals surface area (Å²) in [5.74, 6) is 0. The second-order valence-corrected chi connectivity index (χ2v) is 3.15. The van der Waals surface area contributed by atoms with Crippen LogP contribution in [0.2, 0.25) is 0 Å². The largest absolute Gasteiger partial charge is 0.435 e. The van der Waals surface area contributed by atoms with Gasteiger partial charge in [-0.2, -0.15) is 18.3 Å². The lowest BCUT2D eigenvalue weighted by Gasteiger charge is -2.12. The molecule has 2 nitrogen and oxygen atoms in total. The summed E-state index contributed by atoms with van der Waals surface area (Å²) in [6.07, 6.45) is -1.37. The smallest absolute Gasteiger partial charge is 0.269 e. The second kappa shape index (κ2) is 4.02. The Labute approximate surface area is 80.7 Å². The van der Waals surface area contributed by atoms with Gasteiger partial charge in [-0.05, 0) is 18.9 Å². The molecule has 0 aliphatic rings. The van der Waals surface area contributed by atoms with Crippen LogP contribution < -0.4 is 0 Å². The summed E-state index contributed by atoms with van der Waals surface area (Å²) in [7, 11) is 0. The zero-order valence-electron chi connectivity index (χ0n) is 8.17. The Morgan fingerprint density at radius 3 is 2.29 bits per heavy atom. The minimum atomic E-state index is -4.34. The summed E-state index contributed by atoms with van der Waals surface area (Å²) in [5, 5.41) is 3.52. The third-order valence-corrected chi connectivity index (χ3v) is 2.22. The minimum Gasteiger partial charge on any atom is -0.269 e. The molecule has 14 heavy (non-hydrogen) atoms. The van der Waals surface area contributed by atoms with Crippen molar-refractivity contribution in [2.45, 2.75) is 38.9 Å². The molecule has 1 aromatic heterocycles. The lowest BCUT2D eigenvalue weighted by atomic mass is 10.2. The molecular weight excluding hydrogens is 193 g/mol. The monoisotopic (exact) mass is 206 g/mol. The fraction of sp³-hybridized carbons (Fsp3) is 0.667. The first-order chi connectivity index (χ1) is 6.49. The van der Waals surface area contributed by atoms with Crippen LogP contribution in [0.25, 0.3) is 0 Å². The van der Waals surface area contributed by atoms with E-state index in [1.165, 1.54) is 10.9 Å². The number of halogens is 3. The Morgan fingerprint density at radius 1 is 1.36 bits per heavy atom. The van der Waals surface area contributed by atoms with Crippen LogP contribution in [0, 0.1) is 0 Å². The zero-order valence-corrected chi connectivity index (χ0v) is 8.17. The summed E-state index contributed by atoms with van der Waals surface area (Å²) < 4.78 is 38.0. The summed E-state index contributed by atoms with van der Waals surface area (Å²) in [6.45, 7) is 3.87. The van der Waals surface area contributed by atoms with Gasteiger partial charge in [-0.25, -0.2) is 0 Å². The molecule has 5 heteroatoms. The number of hydrogen-bond acceptors (Lipinski definition) is 1. The van der Waals surface area contributed by atoms with Gasteiger partial charge < -0.3 is 0 Å². The van der Waals surface area contributed by atoms with Crippen molar-refractivity contribution in [2.24, 2.45) is 0 Å². The summed E-state index contributed by atoms with van der Waals surface area (Å²) in [4.78, 5) is 0. The molecular formula is C9H13F3N2. The summed E-state index contributed by atoms with van der Waals surface area (Å²) in [5.41, 5.74) is -0.815. The minimum absolute atomic E-state index is 0.0612. The van der Waals surface area contributed by atoms with E-state index in [2.05, 4.69) is 5.10 Å². The highest BCUT2D eigenvalue weighted by Gasteiger charge is 2.33. The zero-order chi connectivity index (χ0) is 10.8. The lowest BCUT2D eigenvalue weighted by Crippen LogP contribution is -2.11. The fourth-order valence-electron chi connectivity index (χ4n) is 1.36. The molecule has 80 valence electrons. The van der Waals surface area contributed by atoms with Gasteiger partial charge in [0.05, 0.1) is 6.04 Å². The molecule has 0 radical (unpaired) electrons. The van der Waals surface area contributed by atoms with Gasteiger partial charge in [0.25, 0.3) is 0 Å². The lowest BCUT2D eigenvalue weighted by molar-refractivity contribution is -0.141. The molecule has 0 aliphatic carbocycles. The van der Waals surface area contributed by atoms with Gasteiger partial charge in [-0.15, -0.1) is 0 Å². The number of rotatable bonds is 3. The van der Waals surface area contributed by atoms with Crippen LogP contribution >= 0.6 is 0 Å². The molecule has 0 spiro atoms. The molecule has 1 rings (SSSR count). The molecule has 1 heterocycles. The van der Waals surface area contributed by atoms with Crippen molar-refractivity contribution in [1.82, 2.24) is 9.78 Å². The van der Waals surface area contributed by atoms with Crippen LogP contribution in [0.3, 0.4) is 0 Å². The van der Waals surface area contributed by atoms with E-state index in [4.69, 9.17) is 0 Å². The van der Waals surface area contributed by atoms with Crippen molar-refractivity contribution in [2.75, 3.05) is 0 Å². The number of alkyl halides is 3. The summed E-state index contributed by atoms with van der Waals surface area (Å²) >= 11 is 0. The van der Waals surface area contributed by atoms with Gasteiger partial charge in [-0.1, -0.05) is 13.8 Å². The SMILES string of the molecule is CCC(CC)n1ccc(C(F)(F)F)n1. The standard InChI is InChI=1S/C9H13F3N2/c1-3-7(4-2)14-6-5-8(13-14)9(10,11)12/h5-7H,3-4H2,1-2H3. The van der Waals surface area contributed by atoms with Crippen LogP contribution in [0.1, 0.15) is 38.4 Å². The van der Waals surface area contributed by atoms with Gasteiger partial charge in [0, 0.05) is 6.20 Å². The fourth-order valence-corrected chi connectivity index (χ4v) is 1.36. The second-order valence-electron chi connectivity index (χ2n) is 3.15. The average molecular weight is 206 g/mol. The Morgan fingerprint density at radius 2 is 1.93 bits per heavy atom. The summed E-state index contributed by atoms with van der Waals surface area (Å²) in [6, 6.07) is 1.07. The molecule has 0 amide bonds. The van der Waals surface area contributed by atoms with Gasteiger partial charge >= 0.3 is 6.18 Å². The highest BCUT2D eigenvalue weighted by molar-refractivity contribution is 5.03. The molecule has 0 saturated heterocycles. The van der Waals surface area contributed by atoms with Crippen LogP contribution in [-0.4, -0.2) is 9.78 Å². The van der Waals surface area contributed by atoms with E-state index in [0.717, 1.165) is 18.9 Å². The normalized spacial score (nSPS) is 12.4. The predicted molar refractivity (Wildman–Crippen MR) is 46.8 cm³/mol. The van der Waals surface area contributed by atoms with E-state index >= 15 is 0 Å². The Hall–Kier alpha value is -1.00. The molecule has 0 bridgehead atoms. The van der Waals surface area contributed by atoms with Crippen molar-refractivity contribution in [3.63, 3.8) is 0 Å². The van der Waals surface area contributed by atoms with E-state index in [1.54, 1.807) is 0 Å². The van der Waals surface area contributed by atoms with Crippen molar-refractivity contribution < 1.29 is 13.2 Å². The maximum Gasteiger partial charge on any atom is 0.435 e. The first kappa shape index (κ1) is 11.1. The first-order valence-electron chi connectivity index (χ1n) is 4.61. The van der Waals surface area contributed by atoms with Crippen LogP contribution in [0.4, 0.5) is 13.2 Å². The van der Waals surface area contributed by atoms with Crippen molar-refractivity contribution in [3.05, 3.63) is 18.0 Å². The van der Waals surface area contributed by atoms with E-state index in [9.17, 15) is 13.2 Å². The number of hydrogen-bond donors (Lipinski definition) is 0. The first-order valence-corrected chi connectivity index (χ1v) is 4.61. The molecule has 0 saturated carbocycles. The Balaban J connectivity index is 2.87. The van der Waals surface area contributed by atoms with E-state index < -0.39 is 11.9 Å². The Kier molecular flexibility index (Phi) is 3.18. The van der Waals surface area contributed by atoms with Gasteiger partial charge in [-0.3, -0.25) is 4.68 Å². The third kappa shape index (κ3) is 2.27. The van der Waals surface area contributed by atoms with Crippen LogP contribution in [0.15, 0.2) is 12.3 Å². The van der Waals surface area contributed by atoms with Crippen molar-refractivity contribution in [3.8, 4) is 0 Å². The van der Waals surface area contributed by atoms with Crippen molar-refractivity contribution >= 4 is 0 Å². The molecule has 0 aromatic carbocycles. The van der Waals surface area contributed by atoms with E-state index in [-0.39, 0.29) is 6.04 Å². The molecule has 0 aliphatic heterocycles. The maximum atomic E-state index is 12.2. The molecule has 0 atom stereocenters. The third-order valence-electron chi connectivity index (χ3n) is 2.22. The van der Waals surface area contributed by atoms with Gasteiger partial charge in [0.1, 0.15) is 0 Å². The highest BCUT2D eigenvalue weighted by Crippen LogP contribution is 2.28. The molecule has 1 aromatic rings. The van der Waals surface area contributed by atoms with Gasteiger partial charge in [0.15, 0.2) is 5.69 Å². The number of nitrogens with zero attached hydrogens (tertiary/aromatic N) is 2. The van der Waals surface area contributed by atoms with Crippen LogP contribution in [-0.2, 0) is 6.18 Å². The Bertz CT molecular complexity index is 286. The van der Waals surface area contributed by atoms with Crippen molar-refractivity contribution in [1.29, 1.82) is 0 Å². The van der Waals surface area contributed by atoms with E-state index in [0.29, 0.717) is 0 Å². The molecule has 0 fully saturated rings. The topological polar surface area (TPSA) is 17.8 Å². The number of aromatic nitrogens is 2. The van der Waals surface area contributed by atoms with Gasteiger partial charge in [0.2, 0.25) is 0 Å². The predicted octanol–water partition coefficient (Wildman–Crippen LogP) is 3.26. The highest BCUT2D eigenvalue weighted by atomic mass is 19.4. The quantitative estimate of drug-likeness (QED) is 0.742. The maximum absolute atomic E-state index is 12.2. The molecule has 0 unspecified atom stereocenters. The van der Waals surface area contributed by atoms with E-state index in [1.807, 2.05) is 13.8 Å². The van der Waals surface area contributed by atoms with Crippen LogP contribution in [0.5, 0.6) is 0 Å².